The summed E-state index contributed by atoms with van der Waals surface area (Å²) in [5.74, 6) is 0. The summed E-state index contributed by atoms with van der Waals surface area (Å²) >= 11 is 5.99. The topological polar surface area (TPSA) is 46.2 Å². The van der Waals surface area contributed by atoms with Crippen molar-refractivity contribution in [3.63, 3.8) is 0 Å². The number of aryl methyl sites for hydroxylation is 1. The lowest BCUT2D eigenvalue weighted by atomic mass is 9.86. The normalized spacial score (nSPS) is 27.0. The molecule has 0 saturated carbocycles. The van der Waals surface area contributed by atoms with Crippen molar-refractivity contribution >= 4 is 11.6 Å². The predicted molar refractivity (Wildman–Crippen MR) is 52.7 cm³/mol. The van der Waals surface area contributed by atoms with Crippen molar-refractivity contribution in [2.24, 2.45) is 5.73 Å². The van der Waals surface area contributed by atoms with Crippen LogP contribution in [-0.4, -0.2) is 11.1 Å². The summed E-state index contributed by atoms with van der Waals surface area (Å²) in [6, 6.07) is 5.52. The quantitative estimate of drug-likeness (QED) is 0.665. The maximum atomic E-state index is 9.80. The molecule has 0 aliphatic heterocycles. The Bertz CT molecular complexity index is 327. The Balaban J connectivity index is 2.51. The molecule has 0 amide bonds. The summed E-state index contributed by atoms with van der Waals surface area (Å²) in [6.45, 7) is 0. The summed E-state index contributed by atoms with van der Waals surface area (Å²) in [5.41, 5.74) is 7.70. The van der Waals surface area contributed by atoms with Gasteiger partial charge >= 0.3 is 0 Å². The fourth-order valence-electron chi connectivity index (χ4n) is 1.83. The van der Waals surface area contributed by atoms with E-state index >= 15 is 0 Å². The van der Waals surface area contributed by atoms with E-state index in [-0.39, 0.29) is 6.04 Å². The van der Waals surface area contributed by atoms with E-state index in [0.29, 0.717) is 5.02 Å². The molecule has 2 atom stereocenters. The number of halogens is 1. The summed E-state index contributed by atoms with van der Waals surface area (Å²) in [7, 11) is 0. The minimum absolute atomic E-state index is 0.174. The molecule has 0 saturated heterocycles. The van der Waals surface area contributed by atoms with Crippen LogP contribution in [0.3, 0.4) is 0 Å². The molecule has 0 fully saturated rings. The molecular weight excluding hydrogens is 186 g/mol. The molecular formula is C10H12ClNO. The van der Waals surface area contributed by atoms with Crippen molar-refractivity contribution in [2.75, 3.05) is 0 Å². The zero-order valence-electron chi connectivity index (χ0n) is 7.20. The van der Waals surface area contributed by atoms with Crippen molar-refractivity contribution < 1.29 is 5.11 Å². The first-order chi connectivity index (χ1) is 6.20. The maximum Gasteiger partial charge on any atom is 0.0957 e. The number of benzene rings is 1. The third kappa shape index (κ3) is 1.46. The molecule has 2 nitrogen and oxygen atoms in total. The molecule has 3 N–H and O–H groups in total. The highest BCUT2D eigenvalue weighted by atomic mass is 35.5. The molecule has 3 heteroatoms. The van der Waals surface area contributed by atoms with Crippen LogP contribution in [0.2, 0.25) is 5.02 Å². The van der Waals surface area contributed by atoms with E-state index in [2.05, 4.69) is 0 Å². The summed E-state index contributed by atoms with van der Waals surface area (Å²) in [5, 5.41) is 10.4. The van der Waals surface area contributed by atoms with Crippen LogP contribution in [-0.2, 0) is 6.42 Å². The highest BCUT2D eigenvalue weighted by Gasteiger charge is 2.26. The standard InChI is InChI=1S/C10H12ClNO/c11-7-3-1-2-6-4-5-8(12)10(13)9(6)7/h1-3,8,10,13H,4-5,12H2/t8-,10-/m0/s1. The number of nitrogens with two attached hydrogens (primary N) is 1. The van der Waals surface area contributed by atoms with Crippen LogP contribution in [0.25, 0.3) is 0 Å². The Morgan fingerprint density at radius 3 is 3.00 bits per heavy atom. The van der Waals surface area contributed by atoms with Gasteiger partial charge in [-0.1, -0.05) is 23.7 Å². The number of fused-ring (bicyclic) bond motifs is 1. The fourth-order valence-corrected chi connectivity index (χ4v) is 2.13. The molecule has 70 valence electrons. The van der Waals surface area contributed by atoms with E-state index in [4.69, 9.17) is 17.3 Å². The zero-order valence-corrected chi connectivity index (χ0v) is 7.96. The highest BCUT2D eigenvalue weighted by Crippen LogP contribution is 2.33. The van der Waals surface area contributed by atoms with Gasteiger partial charge in [-0.25, -0.2) is 0 Å². The Morgan fingerprint density at radius 1 is 1.46 bits per heavy atom. The molecule has 1 aromatic rings. The number of aliphatic hydroxyl groups is 1. The van der Waals surface area contributed by atoms with Gasteiger partial charge in [-0.3, -0.25) is 0 Å². The van der Waals surface area contributed by atoms with Crippen molar-refractivity contribution in [1.29, 1.82) is 0 Å². The van der Waals surface area contributed by atoms with E-state index < -0.39 is 6.10 Å². The lowest BCUT2D eigenvalue weighted by molar-refractivity contribution is 0.134. The van der Waals surface area contributed by atoms with Crippen LogP contribution >= 0.6 is 11.6 Å². The number of hydrogen-bond acceptors (Lipinski definition) is 2. The van der Waals surface area contributed by atoms with Crippen molar-refractivity contribution in [3.8, 4) is 0 Å². The predicted octanol–water partition coefficient (Wildman–Crippen LogP) is 1.65. The van der Waals surface area contributed by atoms with Crippen LogP contribution in [0.5, 0.6) is 0 Å². The second-order valence-corrected chi connectivity index (χ2v) is 3.87. The minimum Gasteiger partial charge on any atom is -0.387 e. The van der Waals surface area contributed by atoms with Gasteiger partial charge in [0.25, 0.3) is 0 Å². The minimum atomic E-state index is -0.600. The molecule has 2 rings (SSSR count). The maximum absolute atomic E-state index is 9.80. The zero-order chi connectivity index (χ0) is 9.42. The molecule has 1 aromatic carbocycles. The van der Waals surface area contributed by atoms with E-state index in [1.807, 2.05) is 12.1 Å². The second kappa shape index (κ2) is 3.29. The third-order valence-corrected chi connectivity index (χ3v) is 2.92. The van der Waals surface area contributed by atoms with Gasteiger partial charge in [-0.15, -0.1) is 0 Å². The van der Waals surface area contributed by atoms with Crippen molar-refractivity contribution in [1.82, 2.24) is 0 Å². The summed E-state index contributed by atoms with van der Waals surface area (Å²) in [4.78, 5) is 0. The lowest BCUT2D eigenvalue weighted by Crippen LogP contribution is -2.33. The van der Waals surface area contributed by atoms with E-state index in [9.17, 15) is 5.11 Å². The van der Waals surface area contributed by atoms with E-state index in [1.54, 1.807) is 6.07 Å². The Kier molecular flexibility index (Phi) is 2.28. The first-order valence-electron chi connectivity index (χ1n) is 4.41. The Hall–Kier alpha value is -0.570. The van der Waals surface area contributed by atoms with E-state index in [0.717, 1.165) is 24.0 Å². The average Bonchev–Trinajstić information content (AvgIpc) is 2.12. The van der Waals surface area contributed by atoms with Gasteiger partial charge < -0.3 is 10.8 Å². The van der Waals surface area contributed by atoms with E-state index in [1.165, 1.54) is 0 Å². The van der Waals surface area contributed by atoms with Crippen molar-refractivity contribution in [2.45, 2.75) is 25.0 Å². The van der Waals surface area contributed by atoms with Crippen LogP contribution in [0.15, 0.2) is 18.2 Å². The molecule has 0 bridgehead atoms. The number of aliphatic hydroxyl groups excluding tert-OH is 1. The van der Waals surface area contributed by atoms with Gasteiger partial charge in [0.15, 0.2) is 0 Å². The van der Waals surface area contributed by atoms with Crippen LogP contribution in [0.4, 0.5) is 0 Å². The first-order valence-corrected chi connectivity index (χ1v) is 4.79. The highest BCUT2D eigenvalue weighted by molar-refractivity contribution is 6.31. The molecule has 1 aliphatic carbocycles. The molecule has 0 aromatic heterocycles. The number of rotatable bonds is 0. The Labute approximate surface area is 82.3 Å². The smallest absolute Gasteiger partial charge is 0.0957 e. The van der Waals surface area contributed by atoms with Gasteiger partial charge in [0, 0.05) is 16.6 Å². The molecule has 0 radical (unpaired) electrons. The Morgan fingerprint density at radius 2 is 2.23 bits per heavy atom. The van der Waals surface area contributed by atoms with Gasteiger partial charge in [0.1, 0.15) is 0 Å². The third-order valence-electron chi connectivity index (χ3n) is 2.59. The van der Waals surface area contributed by atoms with Gasteiger partial charge in [0.2, 0.25) is 0 Å². The average molecular weight is 198 g/mol. The van der Waals surface area contributed by atoms with Crippen LogP contribution in [0.1, 0.15) is 23.7 Å². The van der Waals surface area contributed by atoms with Gasteiger partial charge in [-0.05, 0) is 24.5 Å². The summed E-state index contributed by atoms with van der Waals surface area (Å²) in [6.07, 6.45) is 1.14. The largest absolute Gasteiger partial charge is 0.387 e. The number of hydrogen-bond donors (Lipinski definition) is 2. The summed E-state index contributed by atoms with van der Waals surface area (Å²) < 4.78 is 0. The molecule has 1 aliphatic rings. The van der Waals surface area contributed by atoms with Crippen molar-refractivity contribution in [3.05, 3.63) is 34.3 Å². The monoisotopic (exact) mass is 197 g/mol. The second-order valence-electron chi connectivity index (χ2n) is 3.46. The van der Waals surface area contributed by atoms with Crippen LogP contribution < -0.4 is 5.73 Å². The van der Waals surface area contributed by atoms with Gasteiger partial charge in [-0.2, -0.15) is 0 Å². The SMILES string of the molecule is N[C@H]1CCc2cccc(Cl)c2[C@H]1O. The van der Waals surface area contributed by atoms with Gasteiger partial charge in [0.05, 0.1) is 6.10 Å². The van der Waals surface area contributed by atoms with Crippen LogP contribution in [0, 0.1) is 0 Å². The molecule has 0 spiro atoms. The molecule has 0 heterocycles. The first kappa shape index (κ1) is 9.00. The fraction of sp³-hybridized carbons (Fsp3) is 0.400. The molecule has 0 unspecified atom stereocenters. The molecule has 13 heavy (non-hydrogen) atoms. The lowest BCUT2D eigenvalue weighted by Gasteiger charge is -2.27.